The van der Waals surface area contributed by atoms with E-state index in [1.807, 2.05) is 16.4 Å². The number of esters is 1. The lowest BCUT2D eigenvalue weighted by atomic mass is 9.99. The lowest BCUT2D eigenvalue weighted by Gasteiger charge is -2.32. The predicted molar refractivity (Wildman–Crippen MR) is 134 cm³/mol. The molecule has 4 rings (SSSR count). The van der Waals surface area contributed by atoms with Gasteiger partial charge < -0.3 is 14.2 Å². The molecule has 0 radical (unpaired) electrons. The van der Waals surface area contributed by atoms with Crippen LogP contribution in [0.3, 0.4) is 0 Å². The van der Waals surface area contributed by atoms with Gasteiger partial charge in [-0.2, -0.15) is 0 Å². The SMILES string of the molecule is Cc1cc(C(=O)COC(=O)c2ccc(N3CCC[C@@H](C)C3)c([N+](=O)[O-])c2)c(C)n1-c1ccc(F)cc1. The van der Waals surface area contributed by atoms with Crippen LogP contribution in [0.5, 0.6) is 0 Å². The van der Waals surface area contributed by atoms with Gasteiger partial charge in [0.15, 0.2) is 6.61 Å². The number of anilines is 1. The van der Waals surface area contributed by atoms with Crippen LogP contribution >= 0.6 is 0 Å². The number of nitro groups is 1. The normalized spacial score (nSPS) is 15.6. The van der Waals surface area contributed by atoms with Crippen LogP contribution in [0.15, 0.2) is 48.5 Å². The Hall–Kier alpha value is -4.01. The highest BCUT2D eigenvalue weighted by atomic mass is 19.1. The van der Waals surface area contributed by atoms with Gasteiger partial charge in [0.25, 0.3) is 5.69 Å². The number of aromatic nitrogens is 1. The van der Waals surface area contributed by atoms with Gasteiger partial charge in [-0.15, -0.1) is 0 Å². The van der Waals surface area contributed by atoms with Gasteiger partial charge >= 0.3 is 5.97 Å². The number of ether oxygens (including phenoxy) is 1. The Balaban J connectivity index is 1.48. The summed E-state index contributed by atoms with van der Waals surface area (Å²) in [5.74, 6) is -1.14. The third-order valence-corrected chi connectivity index (χ3v) is 6.56. The molecule has 1 atom stereocenters. The van der Waals surface area contributed by atoms with Gasteiger partial charge in [-0.05, 0) is 75.1 Å². The summed E-state index contributed by atoms with van der Waals surface area (Å²) >= 11 is 0. The smallest absolute Gasteiger partial charge is 0.338 e. The number of hydrogen-bond acceptors (Lipinski definition) is 6. The highest BCUT2D eigenvalue weighted by Gasteiger charge is 2.26. The average Bonchev–Trinajstić information content (AvgIpc) is 3.16. The molecule has 0 spiro atoms. The first-order chi connectivity index (χ1) is 17.2. The summed E-state index contributed by atoms with van der Waals surface area (Å²) in [5.41, 5.74) is 2.83. The van der Waals surface area contributed by atoms with Gasteiger partial charge in [0.1, 0.15) is 11.5 Å². The number of piperidine rings is 1. The molecular formula is C27H28FN3O5. The van der Waals surface area contributed by atoms with E-state index in [9.17, 15) is 24.1 Å². The number of hydrogen-bond donors (Lipinski definition) is 0. The number of rotatable bonds is 7. The molecule has 36 heavy (non-hydrogen) atoms. The van der Waals surface area contributed by atoms with Gasteiger partial charge in [0.2, 0.25) is 5.78 Å². The molecule has 1 aliphatic rings. The highest BCUT2D eigenvalue weighted by molar-refractivity contribution is 6.00. The van der Waals surface area contributed by atoms with E-state index in [1.54, 1.807) is 31.2 Å². The van der Waals surface area contributed by atoms with Crippen LogP contribution in [-0.2, 0) is 4.74 Å². The Kier molecular flexibility index (Phi) is 7.19. The first-order valence-corrected chi connectivity index (χ1v) is 11.8. The Morgan fingerprint density at radius 1 is 1.14 bits per heavy atom. The molecule has 1 aliphatic heterocycles. The fraction of sp³-hybridized carbons (Fsp3) is 0.333. The molecule has 0 bridgehead atoms. The zero-order valence-electron chi connectivity index (χ0n) is 20.5. The average molecular weight is 494 g/mol. The third-order valence-electron chi connectivity index (χ3n) is 6.56. The standard InChI is InChI=1S/C27H28FN3O5/c1-17-5-4-12-29(15-17)24-11-6-20(14-25(24)31(34)35)27(33)36-16-26(32)23-13-18(2)30(19(23)3)22-9-7-21(28)8-10-22/h6-11,13-14,17H,4-5,12,15-16H2,1-3H3/t17-/m1/s1. The van der Waals surface area contributed by atoms with Crippen molar-refractivity contribution in [1.29, 1.82) is 0 Å². The van der Waals surface area contributed by atoms with Crippen molar-refractivity contribution in [2.75, 3.05) is 24.6 Å². The van der Waals surface area contributed by atoms with E-state index < -0.39 is 23.3 Å². The van der Waals surface area contributed by atoms with Gasteiger partial charge in [-0.1, -0.05) is 6.92 Å². The Labute approximate surface area is 208 Å². The van der Waals surface area contributed by atoms with Crippen molar-refractivity contribution in [3.8, 4) is 5.69 Å². The lowest BCUT2D eigenvalue weighted by molar-refractivity contribution is -0.384. The summed E-state index contributed by atoms with van der Waals surface area (Å²) in [6.45, 7) is 6.62. The minimum absolute atomic E-state index is 0.0140. The molecule has 2 aromatic carbocycles. The third kappa shape index (κ3) is 5.15. The monoisotopic (exact) mass is 493 g/mol. The van der Waals surface area contributed by atoms with Crippen LogP contribution in [0.4, 0.5) is 15.8 Å². The van der Waals surface area contributed by atoms with Crippen LogP contribution in [0, 0.1) is 35.7 Å². The van der Waals surface area contributed by atoms with Crippen molar-refractivity contribution in [2.24, 2.45) is 5.92 Å². The van der Waals surface area contributed by atoms with Crippen molar-refractivity contribution in [3.05, 3.63) is 87.0 Å². The Bertz CT molecular complexity index is 1320. The molecule has 0 N–H and O–H groups in total. The van der Waals surface area contributed by atoms with E-state index in [0.717, 1.165) is 31.6 Å². The maximum Gasteiger partial charge on any atom is 0.338 e. The van der Waals surface area contributed by atoms with Crippen LogP contribution in [-0.4, -0.2) is 40.9 Å². The summed E-state index contributed by atoms with van der Waals surface area (Å²) in [4.78, 5) is 38.7. The maximum atomic E-state index is 13.3. The van der Waals surface area contributed by atoms with Crippen molar-refractivity contribution in [3.63, 3.8) is 0 Å². The molecule has 188 valence electrons. The number of aryl methyl sites for hydroxylation is 1. The minimum atomic E-state index is -0.808. The summed E-state index contributed by atoms with van der Waals surface area (Å²) < 4.78 is 20.3. The van der Waals surface area contributed by atoms with E-state index in [1.165, 1.54) is 24.3 Å². The largest absolute Gasteiger partial charge is 0.454 e. The zero-order chi connectivity index (χ0) is 26.0. The quantitative estimate of drug-likeness (QED) is 0.189. The number of Topliss-reactive ketones (excluding diaryl/α,β-unsaturated/α-hetero) is 1. The summed E-state index contributed by atoms with van der Waals surface area (Å²) in [5, 5.41) is 11.7. The van der Waals surface area contributed by atoms with Gasteiger partial charge in [0, 0.05) is 41.8 Å². The fourth-order valence-electron chi connectivity index (χ4n) is 4.80. The number of nitro benzene ring substituents is 1. The number of benzene rings is 2. The van der Waals surface area contributed by atoms with Crippen molar-refractivity contribution < 1.29 is 23.6 Å². The predicted octanol–water partition coefficient (Wildman–Crippen LogP) is 5.42. The molecule has 1 aromatic heterocycles. The van der Waals surface area contributed by atoms with Gasteiger partial charge in [0.05, 0.1) is 10.5 Å². The second kappa shape index (κ2) is 10.3. The molecule has 3 aromatic rings. The van der Waals surface area contributed by atoms with E-state index in [0.29, 0.717) is 28.6 Å². The minimum Gasteiger partial charge on any atom is -0.454 e. The molecule has 1 fully saturated rings. The van der Waals surface area contributed by atoms with Gasteiger partial charge in [-0.25, -0.2) is 9.18 Å². The molecule has 0 saturated carbocycles. The fourth-order valence-corrected chi connectivity index (χ4v) is 4.80. The molecule has 0 amide bonds. The number of halogens is 1. The van der Waals surface area contributed by atoms with Gasteiger partial charge in [-0.3, -0.25) is 14.9 Å². The van der Waals surface area contributed by atoms with Crippen molar-refractivity contribution >= 4 is 23.1 Å². The number of nitrogens with zero attached hydrogens (tertiary/aromatic N) is 3. The van der Waals surface area contributed by atoms with E-state index in [4.69, 9.17) is 4.74 Å². The van der Waals surface area contributed by atoms with Crippen LogP contribution in [0.2, 0.25) is 0 Å². The Morgan fingerprint density at radius 3 is 2.53 bits per heavy atom. The van der Waals surface area contributed by atoms with Crippen LogP contribution < -0.4 is 4.90 Å². The molecule has 8 nitrogen and oxygen atoms in total. The van der Waals surface area contributed by atoms with Crippen LogP contribution in [0.1, 0.15) is 51.9 Å². The first kappa shape index (κ1) is 25.1. The molecule has 0 unspecified atom stereocenters. The van der Waals surface area contributed by atoms with Crippen molar-refractivity contribution in [1.82, 2.24) is 4.57 Å². The maximum absolute atomic E-state index is 13.3. The van der Waals surface area contributed by atoms with Crippen LogP contribution in [0.25, 0.3) is 5.69 Å². The zero-order valence-corrected chi connectivity index (χ0v) is 20.5. The Morgan fingerprint density at radius 2 is 1.86 bits per heavy atom. The van der Waals surface area contributed by atoms with E-state index in [-0.39, 0.29) is 17.1 Å². The van der Waals surface area contributed by atoms with Crippen molar-refractivity contribution in [2.45, 2.75) is 33.6 Å². The summed E-state index contributed by atoms with van der Waals surface area (Å²) in [7, 11) is 0. The molecule has 1 saturated heterocycles. The second-order valence-corrected chi connectivity index (χ2v) is 9.25. The number of carbonyl (C=O) groups is 2. The molecule has 2 heterocycles. The van der Waals surface area contributed by atoms with E-state index in [2.05, 4.69) is 6.92 Å². The van der Waals surface area contributed by atoms with E-state index >= 15 is 0 Å². The summed E-state index contributed by atoms with van der Waals surface area (Å²) in [6.07, 6.45) is 2.03. The second-order valence-electron chi connectivity index (χ2n) is 9.25. The molecular weight excluding hydrogens is 465 g/mol. The number of ketones is 1. The lowest BCUT2D eigenvalue weighted by Crippen LogP contribution is -2.34. The summed E-state index contributed by atoms with van der Waals surface area (Å²) in [6, 6.07) is 11.9. The highest BCUT2D eigenvalue weighted by Crippen LogP contribution is 2.32. The first-order valence-electron chi connectivity index (χ1n) is 11.8. The number of carbonyl (C=O) groups excluding carboxylic acids is 2. The molecule has 0 aliphatic carbocycles. The molecule has 9 heteroatoms. The topological polar surface area (TPSA) is 94.7 Å².